The number of benzene rings is 2. The Bertz CT molecular complexity index is 1230. The number of para-hydroxylation sites is 1. The van der Waals surface area contributed by atoms with Crippen LogP contribution in [0.2, 0.25) is 0 Å². The molecule has 4 rings (SSSR count). The highest BCUT2D eigenvalue weighted by Gasteiger charge is 2.18. The first-order valence-electron chi connectivity index (χ1n) is 9.77. The molecule has 0 saturated heterocycles. The van der Waals surface area contributed by atoms with Gasteiger partial charge in [-0.1, -0.05) is 30.3 Å². The van der Waals surface area contributed by atoms with Crippen molar-refractivity contribution in [3.8, 4) is 0 Å². The van der Waals surface area contributed by atoms with E-state index in [2.05, 4.69) is 10.3 Å². The molecule has 0 spiro atoms. The summed E-state index contributed by atoms with van der Waals surface area (Å²) in [5.74, 6) is 0.641. The van der Waals surface area contributed by atoms with Crippen LogP contribution in [0, 0.1) is 13.8 Å². The number of urea groups is 1. The molecule has 2 heterocycles. The minimum Gasteiger partial charge on any atom is -0.467 e. The van der Waals surface area contributed by atoms with E-state index >= 15 is 0 Å². The van der Waals surface area contributed by atoms with Gasteiger partial charge < -0.3 is 19.6 Å². The van der Waals surface area contributed by atoms with Crippen LogP contribution in [0.4, 0.5) is 10.5 Å². The average Bonchev–Trinajstić information content (AvgIpc) is 3.25. The van der Waals surface area contributed by atoms with Crippen LogP contribution >= 0.6 is 0 Å². The monoisotopic (exact) mass is 401 g/mol. The SMILES string of the molecule is Cc1ccc2cc(CN(Cc3ccco3)C(=O)Nc3ccccc3)c(=O)[nH]c2c1C. The maximum atomic E-state index is 13.0. The number of carbonyl (C=O) groups excluding carboxylic acids is 1. The normalized spacial score (nSPS) is 10.9. The van der Waals surface area contributed by atoms with Crippen molar-refractivity contribution in [2.75, 3.05) is 5.32 Å². The smallest absolute Gasteiger partial charge is 0.322 e. The Morgan fingerprint density at radius 3 is 2.57 bits per heavy atom. The molecule has 0 aliphatic carbocycles. The van der Waals surface area contributed by atoms with Gasteiger partial charge in [-0.2, -0.15) is 0 Å². The van der Waals surface area contributed by atoms with Gasteiger partial charge in [0.1, 0.15) is 5.76 Å². The van der Waals surface area contributed by atoms with Crippen LogP contribution in [-0.4, -0.2) is 15.9 Å². The number of amides is 2. The fourth-order valence-electron chi connectivity index (χ4n) is 3.41. The number of nitrogens with one attached hydrogen (secondary N) is 2. The van der Waals surface area contributed by atoms with Crippen LogP contribution in [0.25, 0.3) is 10.9 Å². The molecule has 0 atom stereocenters. The summed E-state index contributed by atoms with van der Waals surface area (Å²) in [5, 5.41) is 3.82. The van der Waals surface area contributed by atoms with Crippen molar-refractivity contribution in [2.24, 2.45) is 0 Å². The van der Waals surface area contributed by atoms with E-state index in [1.807, 2.05) is 62.4 Å². The maximum Gasteiger partial charge on any atom is 0.322 e. The van der Waals surface area contributed by atoms with E-state index in [9.17, 15) is 9.59 Å². The predicted molar refractivity (Wildman–Crippen MR) is 117 cm³/mol. The van der Waals surface area contributed by atoms with Gasteiger partial charge in [0.2, 0.25) is 0 Å². The van der Waals surface area contributed by atoms with Crippen LogP contribution in [-0.2, 0) is 13.1 Å². The largest absolute Gasteiger partial charge is 0.467 e. The highest BCUT2D eigenvalue weighted by molar-refractivity contribution is 5.89. The number of fused-ring (bicyclic) bond motifs is 1. The highest BCUT2D eigenvalue weighted by atomic mass is 16.3. The molecule has 0 fully saturated rings. The number of anilines is 1. The first kappa shape index (κ1) is 19.5. The number of carbonyl (C=O) groups is 1. The molecule has 0 unspecified atom stereocenters. The number of rotatable bonds is 5. The molecular formula is C24H23N3O3. The van der Waals surface area contributed by atoms with Crippen LogP contribution in [0.3, 0.4) is 0 Å². The standard InChI is InChI=1S/C24H23N3O3/c1-16-10-11-18-13-19(23(28)26-22(18)17(16)2)14-27(15-21-9-6-12-30-21)24(29)25-20-7-4-3-5-8-20/h3-13H,14-15H2,1-2H3,(H,25,29)(H,26,28). The average molecular weight is 401 g/mol. The second kappa shape index (κ2) is 8.29. The zero-order chi connectivity index (χ0) is 21.1. The van der Waals surface area contributed by atoms with Crippen molar-refractivity contribution < 1.29 is 9.21 Å². The van der Waals surface area contributed by atoms with Gasteiger partial charge in [0.05, 0.1) is 24.9 Å². The van der Waals surface area contributed by atoms with E-state index in [1.54, 1.807) is 23.3 Å². The summed E-state index contributed by atoms with van der Waals surface area (Å²) in [4.78, 5) is 30.3. The number of nitrogens with zero attached hydrogens (tertiary/aromatic N) is 1. The first-order chi connectivity index (χ1) is 14.5. The highest BCUT2D eigenvalue weighted by Crippen LogP contribution is 2.20. The number of hydrogen-bond acceptors (Lipinski definition) is 3. The number of aromatic nitrogens is 1. The lowest BCUT2D eigenvalue weighted by Gasteiger charge is -2.22. The van der Waals surface area contributed by atoms with Crippen LogP contribution in [0.1, 0.15) is 22.5 Å². The van der Waals surface area contributed by atoms with Gasteiger partial charge in [-0.15, -0.1) is 0 Å². The van der Waals surface area contributed by atoms with E-state index < -0.39 is 0 Å². The number of aryl methyl sites for hydroxylation is 2. The van der Waals surface area contributed by atoms with E-state index in [-0.39, 0.29) is 24.7 Å². The molecule has 6 heteroatoms. The molecule has 2 N–H and O–H groups in total. The molecule has 0 bridgehead atoms. The third kappa shape index (κ3) is 4.12. The molecule has 4 aromatic rings. The Labute approximate surface area is 174 Å². The Morgan fingerprint density at radius 2 is 1.83 bits per heavy atom. The molecular weight excluding hydrogens is 378 g/mol. The van der Waals surface area contributed by atoms with Crippen molar-refractivity contribution in [1.82, 2.24) is 9.88 Å². The fraction of sp³-hybridized carbons (Fsp3) is 0.167. The zero-order valence-corrected chi connectivity index (χ0v) is 16.9. The van der Waals surface area contributed by atoms with E-state index in [1.165, 1.54) is 0 Å². The van der Waals surface area contributed by atoms with Crippen LogP contribution in [0.5, 0.6) is 0 Å². The quantitative estimate of drug-likeness (QED) is 0.495. The fourth-order valence-corrected chi connectivity index (χ4v) is 3.41. The summed E-state index contributed by atoms with van der Waals surface area (Å²) in [6.07, 6.45) is 1.57. The molecule has 0 saturated carbocycles. The van der Waals surface area contributed by atoms with Gasteiger partial charge in [-0.3, -0.25) is 4.79 Å². The topological polar surface area (TPSA) is 78.3 Å². The maximum absolute atomic E-state index is 13.0. The molecule has 2 aromatic carbocycles. The van der Waals surface area contributed by atoms with Crippen molar-refractivity contribution >= 4 is 22.6 Å². The van der Waals surface area contributed by atoms with Gasteiger partial charge >= 0.3 is 6.03 Å². The van der Waals surface area contributed by atoms with Crippen molar-refractivity contribution in [3.63, 3.8) is 0 Å². The first-order valence-corrected chi connectivity index (χ1v) is 9.77. The van der Waals surface area contributed by atoms with E-state index in [0.717, 1.165) is 22.0 Å². The second-order valence-electron chi connectivity index (χ2n) is 7.33. The summed E-state index contributed by atoms with van der Waals surface area (Å²) < 4.78 is 5.42. The summed E-state index contributed by atoms with van der Waals surface area (Å²) in [6, 6.07) is 18.4. The Balaban J connectivity index is 1.65. The minimum absolute atomic E-state index is 0.150. The lowest BCUT2D eigenvalue weighted by atomic mass is 10.0. The number of H-pyrrole nitrogens is 1. The molecule has 6 nitrogen and oxygen atoms in total. The van der Waals surface area contributed by atoms with Gasteiger partial charge in [-0.25, -0.2) is 4.79 Å². The van der Waals surface area contributed by atoms with Crippen molar-refractivity contribution in [3.05, 3.63) is 99.7 Å². The summed E-state index contributed by atoms with van der Waals surface area (Å²) in [6.45, 7) is 4.40. The summed E-state index contributed by atoms with van der Waals surface area (Å²) in [7, 11) is 0. The third-order valence-electron chi connectivity index (χ3n) is 5.23. The molecule has 2 amide bonds. The minimum atomic E-state index is -0.308. The van der Waals surface area contributed by atoms with Crippen LogP contribution < -0.4 is 10.9 Å². The van der Waals surface area contributed by atoms with E-state index in [0.29, 0.717) is 17.0 Å². The van der Waals surface area contributed by atoms with Crippen molar-refractivity contribution in [1.29, 1.82) is 0 Å². The Kier molecular flexibility index (Phi) is 5.39. The number of pyridine rings is 1. The Morgan fingerprint density at radius 1 is 1.03 bits per heavy atom. The number of furan rings is 1. The molecule has 30 heavy (non-hydrogen) atoms. The lowest BCUT2D eigenvalue weighted by molar-refractivity contribution is 0.201. The Hall–Kier alpha value is -3.80. The molecule has 0 aliphatic rings. The van der Waals surface area contributed by atoms with Crippen molar-refractivity contribution in [2.45, 2.75) is 26.9 Å². The predicted octanol–water partition coefficient (Wildman–Crippen LogP) is 4.97. The molecule has 0 aliphatic heterocycles. The lowest BCUT2D eigenvalue weighted by Crippen LogP contribution is -2.35. The number of hydrogen-bond donors (Lipinski definition) is 2. The van der Waals surface area contributed by atoms with Crippen LogP contribution in [0.15, 0.2) is 76.1 Å². The van der Waals surface area contributed by atoms with Gasteiger partial charge in [0.15, 0.2) is 0 Å². The summed E-state index contributed by atoms with van der Waals surface area (Å²) in [5.41, 5.74) is 3.99. The number of aromatic amines is 1. The molecule has 0 radical (unpaired) electrons. The van der Waals surface area contributed by atoms with Gasteiger partial charge in [0, 0.05) is 11.3 Å². The van der Waals surface area contributed by atoms with E-state index in [4.69, 9.17) is 4.42 Å². The third-order valence-corrected chi connectivity index (χ3v) is 5.23. The van der Waals surface area contributed by atoms with Gasteiger partial charge in [-0.05, 0) is 60.7 Å². The summed E-state index contributed by atoms with van der Waals surface area (Å²) >= 11 is 0. The molecule has 2 aromatic heterocycles. The second-order valence-corrected chi connectivity index (χ2v) is 7.33. The zero-order valence-electron chi connectivity index (χ0n) is 16.9. The molecule has 152 valence electrons. The van der Waals surface area contributed by atoms with Gasteiger partial charge in [0.25, 0.3) is 5.56 Å².